The molecule has 0 aliphatic rings. The van der Waals surface area contributed by atoms with Crippen LogP contribution in [0, 0.1) is 0 Å². The smallest absolute Gasteiger partial charge is 0.345 e. The molecule has 0 saturated heterocycles. The van der Waals surface area contributed by atoms with Gasteiger partial charge in [0.1, 0.15) is 5.69 Å². The van der Waals surface area contributed by atoms with Crippen molar-refractivity contribution in [3.05, 3.63) is 116 Å². The minimum atomic E-state index is -0.652. The number of aromatic nitrogens is 1. The summed E-state index contributed by atoms with van der Waals surface area (Å²) in [6.45, 7) is 2.15. The largest absolute Gasteiger partial charge is 0.490 e. The number of nitrogens with zero attached hydrogens (tertiary/aromatic N) is 1. The van der Waals surface area contributed by atoms with Crippen LogP contribution in [0.1, 0.15) is 33.3 Å². The standard InChI is InChI=1S/C31H22BrCl2N3O4/c1-2-40-26-15-18(11-14-25(26)41-31(39)21-13-12-20(33)16-24(21)34)17-35-37-30(38)29-27(19-7-4-3-5-8-19)22-9-6-10-23(32)28(22)36-29/h3-17,36H,2H2,1H3,(H,37,38). The maximum absolute atomic E-state index is 13.3. The molecule has 0 spiro atoms. The van der Waals surface area contributed by atoms with E-state index in [4.69, 9.17) is 32.7 Å². The first kappa shape index (κ1) is 28.4. The number of esters is 1. The highest BCUT2D eigenvalue weighted by molar-refractivity contribution is 9.10. The lowest BCUT2D eigenvalue weighted by atomic mass is 10.0. The minimum Gasteiger partial charge on any atom is -0.490 e. The highest BCUT2D eigenvalue weighted by Gasteiger charge is 2.20. The van der Waals surface area contributed by atoms with Gasteiger partial charge in [0, 0.05) is 20.4 Å². The molecule has 10 heteroatoms. The van der Waals surface area contributed by atoms with Crippen LogP contribution in [-0.4, -0.2) is 29.7 Å². The van der Waals surface area contributed by atoms with Crippen LogP contribution in [0.4, 0.5) is 0 Å². The van der Waals surface area contributed by atoms with Gasteiger partial charge in [-0.3, -0.25) is 4.79 Å². The third-order valence-electron chi connectivity index (χ3n) is 6.07. The summed E-state index contributed by atoms with van der Waals surface area (Å²) < 4.78 is 12.1. The second kappa shape index (κ2) is 12.6. The number of ether oxygens (including phenoxy) is 2. The number of halogens is 3. The van der Waals surface area contributed by atoms with E-state index < -0.39 is 11.9 Å². The molecular formula is C31H22BrCl2N3O4. The van der Waals surface area contributed by atoms with Gasteiger partial charge in [0.05, 0.1) is 28.9 Å². The van der Waals surface area contributed by atoms with Gasteiger partial charge in [0.2, 0.25) is 0 Å². The second-order valence-electron chi connectivity index (χ2n) is 8.76. The van der Waals surface area contributed by atoms with Gasteiger partial charge in [-0.25, -0.2) is 10.2 Å². The summed E-state index contributed by atoms with van der Waals surface area (Å²) in [5.41, 5.74) is 6.26. The average molecular weight is 651 g/mol. The van der Waals surface area contributed by atoms with Crippen LogP contribution in [0.5, 0.6) is 11.5 Å². The van der Waals surface area contributed by atoms with E-state index in [9.17, 15) is 9.59 Å². The van der Waals surface area contributed by atoms with Crippen molar-refractivity contribution >= 4 is 68.1 Å². The number of carbonyl (C=O) groups excluding carboxylic acids is 2. The first-order valence-electron chi connectivity index (χ1n) is 12.5. The number of aromatic amines is 1. The quantitative estimate of drug-likeness (QED) is 0.0765. The van der Waals surface area contributed by atoms with Crippen molar-refractivity contribution in [2.45, 2.75) is 6.92 Å². The number of hydrogen-bond donors (Lipinski definition) is 2. The number of carbonyl (C=O) groups is 2. The van der Waals surface area contributed by atoms with Gasteiger partial charge in [0.25, 0.3) is 5.91 Å². The fraction of sp³-hybridized carbons (Fsp3) is 0.0645. The first-order valence-corrected chi connectivity index (χ1v) is 14.0. The predicted octanol–water partition coefficient (Wildman–Crippen LogP) is 8.29. The Morgan fingerprint density at radius 3 is 2.54 bits per heavy atom. The van der Waals surface area contributed by atoms with Crippen molar-refractivity contribution in [1.82, 2.24) is 10.4 Å². The number of hydrazone groups is 1. The van der Waals surface area contributed by atoms with E-state index in [0.717, 1.165) is 26.5 Å². The molecule has 5 rings (SSSR count). The van der Waals surface area contributed by atoms with E-state index in [2.05, 4.69) is 31.4 Å². The summed E-state index contributed by atoms with van der Waals surface area (Å²) in [7, 11) is 0. The predicted molar refractivity (Wildman–Crippen MR) is 166 cm³/mol. The minimum absolute atomic E-state index is 0.172. The first-order chi connectivity index (χ1) is 19.9. The van der Waals surface area contributed by atoms with Crippen molar-refractivity contribution in [3.8, 4) is 22.6 Å². The number of benzene rings is 4. The lowest BCUT2D eigenvalue weighted by molar-refractivity contribution is 0.0728. The Hall–Kier alpha value is -4.11. The van der Waals surface area contributed by atoms with Gasteiger partial charge >= 0.3 is 5.97 Å². The second-order valence-corrected chi connectivity index (χ2v) is 10.5. The number of amides is 1. The molecule has 0 fully saturated rings. The number of fused-ring (bicyclic) bond motifs is 1. The normalized spacial score (nSPS) is 11.1. The molecule has 0 bridgehead atoms. The molecule has 206 valence electrons. The van der Waals surface area contributed by atoms with E-state index in [1.807, 2.05) is 55.5 Å². The molecule has 1 aromatic heterocycles. The van der Waals surface area contributed by atoms with E-state index in [0.29, 0.717) is 28.6 Å². The van der Waals surface area contributed by atoms with Crippen LogP contribution in [-0.2, 0) is 0 Å². The summed E-state index contributed by atoms with van der Waals surface area (Å²) in [6, 6.07) is 24.9. The van der Waals surface area contributed by atoms with Gasteiger partial charge in [0.15, 0.2) is 11.5 Å². The maximum Gasteiger partial charge on any atom is 0.345 e. The van der Waals surface area contributed by atoms with Crippen LogP contribution < -0.4 is 14.9 Å². The topological polar surface area (TPSA) is 92.8 Å². The molecule has 0 saturated carbocycles. The van der Waals surface area contributed by atoms with Gasteiger partial charge in [-0.1, -0.05) is 65.7 Å². The summed E-state index contributed by atoms with van der Waals surface area (Å²) >= 11 is 15.6. The molecule has 1 amide bonds. The average Bonchev–Trinajstić information content (AvgIpc) is 3.36. The summed E-state index contributed by atoms with van der Waals surface area (Å²) in [5.74, 6) is -0.521. The summed E-state index contributed by atoms with van der Waals surface area (Å²) in [5, 5.41) is 5.65. The SMILES string of the molecule is CCOc1cc(C=NNC(=O)c2[nH]c3c(Br)cccc3c2-c2ccccc2)ccc1OC(=O)c1ccc(Cl)cc1Cl. The molecule has 2 N–H and O–H groups in total. The van der Waals surface area contributed by atoms with Gasteiger partial charge in [-0.2, -0.15) is 5.10 Å². The Morgan fingerprint density at radius 2 is 1.78 bits per heavy atom. The van der Waals surface area contributed by atoms with E-state index in [1.54, 1.807) is 24.3 Å². The Kier molecular flexibility index (Phi) is 8.73. The fourth-order valence-corrected chi connectivity index (χ4v) is 5.20. The molecule has 1 heterocycles. The Balaban J connectivity index is 1.36. The maximum atomic E-state index is 13.3. The van der Waals surface area contributed by atoms with Crippen LogP contribution in [0.3, 0.4) is 0 Å². The van der Waals surface area contributed by atoms with Gasteiger partial charge in [-0.15, -0.1) is 0 Å². The Bertz CT molecular complexity index is 1790. The van der Waals surface area contributed by atoms with Crippen molar-refractivity contribution in [2.24, 2.45) is 5.10 Å². The van der Waals surface area contributed by atoms with Crippen LogP contribution in [0.25, 0.3) is 22.0 Å². The van der Waals surface area contributed by atoms with Crippen molar-refractivity contribution < 1.29 is 19.1 Å². The van der Waals surface area contributed by atoms with Crippen LogP contribution >= 0.6 is 39.1 Å². The van der Waals surface area contributed by atoms with E-state index >= 15 is 0 Å². The highest BCUT2D eigenvalue weighted by atomic mass is 79.9. The number of rotatable bonds is 8. The van der Waals surface area contributed by atoms with E-state index in [-0.39, 0.29) is 16.3 Å². The van der Waals surface area contributed by atoms with Crippen LogP contribution in [0.2, 0.25) is 10.0 Å². The summed E-state index contributed by atoms with van der Waals surface area (Å²) in [6.07, 6.45) is 1.48. The third kappa shape index (κ3) is 6.30. The number of nitrogens with one attached hydrogen (secondary N) is 2. The molecule has 4 aromatic carbocycles. The Labute approximate surface area is 254 Å². The molecule has 0 unspecified atom stereocenters. The number of H-pyrrole nitrogens is 1. The lowest BCUT2D eigenvalue weighted by Gasteiger charge is -2.12. The van der Waals surface area contributed by atoms with Crippen LogP contribution in [0.15, 0.2) is 94.5 Å². The third-order valence-corrected chi connectivity index (χ3v) is 7.28. The lowest BCUT2D eigenvalue weighted by Crippen LogP contribution is -2.18. The molecule has 0 aliphatic heterocycles. The van der Waals surface area contributed by atoms with Gasteiger partial charge < -0.3 is 14.5 Å². The monoisotopic (exact) mass is 649 g/mol. The van der Waals surface area contributed by atoms with Crippen molar-refractivity contribution in [2.75, 3.05) is 6.61 Å². The molecule has 0 aliphatic carbocycles. The zero-order valence-corrected chi connectivity index (χ0v) is 24.7. The number of hydrogen-bond acceptors (Lipinski definition) is 5. The molecule has 7 nitrogen and oxygen atoms in total. The van der Waals surface area contributed by atoms with E-state index in [1.165, 1.54) is 18.3 Å². The molecule has 0 atom stereocenters. The van der Waals surface area contributed by atoms with Gasteiger partial charge in [-0.05, 0) is 76.4 Å². The summed E-state index contributed by atoms with van der Waals surface area (Å²) in [4.78, 5) is 29.2. The zero-order chi connectivity index (χ0) is 28.9. The van der Waals surface area contributed by atoms with Crippen molar-refractivity contribution in [1.29, 1.82) is 0 Å². The zero-order valence-electron chi connectivity index (χ0n) is 21.6. The fourth-order valence-electron chi connectivity index (χ4n) is 4.25. The molecule has 5 aromatic rings. The Morgan fingerprint density at radius 1 is 0.976 bits per heavy atom. The van der Waals surface area contributed by atoms with Crippen molar-refractivity contribution in [3.63, 3.8) is 0 Å². The molecule has 41 heavy (non-hydrogen) atoms. The number of para-hydroxylation sites is 1. The molecular weight excluding hydrogens is 629 g/mol. The molecule has 0 radical (unpaired) electrons. The highest BCUT2D eigenvalue weighted by Crippen LogP contribution is 2.36.